The number of anilines is 2. The number of ether oxygens (including phenoxy) is 1. The number of aryl methyl sites for hydroxylation is 2. The summed E-state index contributed by atoms with van der Waals surface area (Å²) in [6.07, 6.45) is 1.51. The number of hydrogen-bond donors (Lipinski definition) is 1. The lowest BCUT2D eigenvalue weighted by molar-refractivity contribution is 0.0531. The molecule has 0 saturated carbocycles. The van der Waals surface area contributed by atoms with E-state index in [1.165, 1.54) is 28.8 Å². The highest BCUT2D eigenvalue weighted by Crippen LogP contribution is 2.35. The van der Waals surface area contributed by atoms with Gasteiger partial charge in [0.2, 0.25) is 0 Å². The van der Waals surface area contributed by atoms with E-state index in [1.54, 1.807) is 6.92 Å². The summed E-state index contributed by atoms with van der Waals surface area (Å²) < 4.78 is 5.13. The summed E-state index contributed by atoms with van der Waals surface area (Å²) >= 11 is 1.34. The van der Waals surface area contributed by atoms with Gasteiger partial charge in [0.15, 0.2) is 0 Å². The van der Waals surface area contributed by atoms with E-state index in [2.05, 4.69) is 35.2 Å². The van der Waals surface area contributed by atoms with E-state index in [0.717, 1.165) is 21.5 Å². The van der Waals surface area contributed by atoms with E-state index >= 15 is 0 Å². The molecular formula is C18H19N3O2S. The standard InChI is InChI=1S/C18H19N3O2S/c1-5-23-18(22)15-12(4)14-16(19-9-20-17(14)24-15)21-13-8-6-7-10(2)11(13)3/h6-9H,5H2,1-4H3,(H,19,20,21). The van der Waals surface area contributed by atoms with Crippen molar-refractivity contribution in [1.82, 2.24) is 9.97 Å². The molecule has 2 heterocycles. The second-order valence-corrected chi connectivity index (χ2v) is 6.55. The largest absolute Gasteiger partial charge is 0.462 e. The van der Waals surface area contributed by atoms with Gasteiger partial charge in [0.25, 0.3) is 0 Å². The van der Waals surface area contributed by atoms with Gasteiger partial charge in [-0.2, -0.15) is 0 Å². The zero-order valence-corrected chi connectivity index (χ0v) is 15.0. The fraction of sp³-hybridized carbons (Fsp3) is 0.278. The molecule has 124 valence electrons. The minimum Gasteiger partial charge on any atom is -0.462 e. The summed E-state index contributed by atoms with van der Waals surface area (Å²) in [5, 5.41) is 4.25. The van der Waals surface area contributed by atoms with Crippen LogP contribution in [-0.4, -0.2) is 22.5 Å². The summed E-state index contributed by atoms with van der Waals surface area (Å²) in [4.78, 5) is 22.2. The Kier molecular flexibility index (Phi) is 4.49. The van der Waals surface area contributed by atoms with Gasteiger partial charge in [-0.3, -0.25) is 0 Å². The number of carbonyl (C=O) groups is 1. The maximum absolute atomic E-state index is 12.1. The van der Waals surface area contributed by atoms with Crippen LogP contribution < -0.4 is 5.32 Å². The maximum atomic E-state index is 12.1. The summed E-state index contributed by atoms with van der Waals surface area (Å²) in [7, 11) is 0. The molecule has 0 amide bonds. The Labute approximate surface area is 144 Å². The molecule has 0 spiro atoms. The number of thiophene rings is 1. The molecule has 0 bridgehead atoms. The van der Waals surface area contributed by atoms with Crippen LogP contribution in [-0.2, 0) is 4.74 Å². The lowest BCUT2D eigenvalue weighted by atomic mass is 10.1. The SMILES string of the molecule is CCOC(=O)c1sc2ncnc(Nc3cccc(C)c3C)c2c1C. The molecule has 5 nitrogen and oxygen atoms in total. The maximum Gasteiger partial charge on any atom is 0.348 e. The number of aromatic nitrogens is 2. The third kappa shape index (κ3) is 2.85. The predicted molar refractivity (Wildman–Crippen MR) is 97.3 cm³/mol. The Morgan fingerprint density at radius 1 is 1.21 bits per heavy atom. The average Bonchev–Trinajstić information content (AvgIpc) is 2.90. The fourth-order valence-corrected chi connectivity index (χ4v) is 3.61. The first-order chi connectivity index (χ1) is 11.5. The van der Waals surface area contributed by atoms with Crippen LogP contribution in [0.4, 0.5) is 11.5 Å². The number of hydrogen-bond acceptors (Lipinski definition) is 6. The average molecular weight is 341 g/mol. The summed E-state index contributed by atoms with van der Waals surface area (Å²) in [6, 6.07) is 6.10. The lowest BCUT2D eigenvalue weighted by Crippen LogP contribution is -2.04. The van der Waals surface area contributed by atoms with Crippen molar-refractivity contribution in [2.75, 3.05) is 11.9 Å². The first-order valence-electron chi connectivity index (χ1n) is 7.77. The highest BCUT2D eigenvalue weighted by molar-refractivity contribution is 7.20. The monoisotopic (exact) mass is 341 g/mol. The topological polar surface area (TPSA) is 64.1 Å². The van der Waals surface area contributed by atoms with Gasteiger partial charge in [-0.1, -0.05) is 12.1 Å². The van der Waals surface area contributed by atoms with Crippen molar-refractivity contribution in [2.45, 2.75) is 27.7 Å². The lowest BCUT2D eigenvalue weighted by Gasteiger charge is -2.11. The van der Waals surface area contributed by atoms with Crippen molar-refractivity contribution < 1.29 is 9.53 Å². The van der Waals surface area contributed by atoms with E-state index in [-0.39, 0.29) is 5.97 Å². The molecule has 0 aliphatic carbocycles. The first kappa shape index (κ1) is 16.4. The van der Waals surface area contributed by atoms with Crippen LogP contribution in [0.5, 0.6) is 0 Å². The van der Waals surface area contributed by atoms with E-state index in [9.17, 15) is 4.79 Å². The molecule has 0 fully saturated rings. The molecular weight excluding hydrogens is 322 g/mol. The van der Waals surface area contributed by atoms with Gasteiger partial charge in [0.05, 0.1) is 12.0 Å². The summed E-state index contributed by atoms with van der Waals surface area (Å²) in [6.45, 7) is 8.20. The van der Waals surface area contributed by atoms with Gasteiger partial charge < -0.3 is 10.1 Å². The van der Waals surface area contributed by atoms with Gasteiger partial charge in [-0.25, -0.2) is 14.8 Å². The van der Waals surface area contributed by atoms with Gasteiger partial charge in [0, 0.05) is 5.69 Å². The zero-order valence-electron chi connectivity index (χ0n) is 14.1. The van der Waals surface area contributed by atoms with Gasteiger partial charge in [0.1, 0.15) is 21.9 Å². The molecule has 1 aromatic carbocycles. The number of rotatable bonds is 4. The molecule has 2 aromatic heterocycles. The molecule has 3 aromatic rings. The third-order valence-electron chi connectivity index (χ3n) is 4.05. The smallest absolute Gasteiger partial charge is 0.348 e. The highest BCUT2D eigenvalue weighted by atomic mass is 32.1. The van der Waals surface area contributed by atoms with E-state index in [1.807, 2.05) is 19.1 Å². The Hall–Kier alpha value is -2.47. The number of fused-ring (bicyclic) bond motifs is 1. The van der Waals surface area contributed by atoms with Crippen LogP contribution >= 0.6 is 11.3 Å². The quantitative estimate of drug-likeness (QED) is 0.706. The Balaban J connectivity index is 2.09. The molecule has 1 N–H and O–H groups in total. The molecule has 3 rings (SSSR count). The molecule has 0 saturated heterocycles. The molecule has 24 heavy (non-hydrogen) atoms. The van der Waals surface area contributed by atoms with Crippen molar-refractivity contribution in [3.63, 3.8) is 0 Å². The van der Waals surface area contributed by atoms with Gasteiger partial charge >= 0.3 is 5.97 Å². The van der Waals surface area contributed by atoms with Gasteiger partial charge in [-0.05, 0) is 50.5 Å². The highest BCUT2D eigenvalue weighted by Gasteiger charge is 2.20. The molecule has 0 unspecified atom stereocenters. The van der Waals surface area contributed by atoms with Crippen molar-refractivity contribution in [1.29, 1.82) is 0 Å². The van der Waals surface area contributed by atoms with Crippen LogP contribution in [0.15, 0.2) is 24.5 Å². The van der Waals surface area contributed by atoms with Crippen molar-refractivity contribution in [3.8, 4) is 0 Å². The normalized spacial score (nSPS) is 10.8. The predicted octanol–water partition coefficient (Wildman–Crippen LogP) is 4.54. The number of nitrogens with one attached hydrogen (secondary N) is 1. The summed E-state index contributed by atoms with van der Waals surface area (Å²) in [5.74, 6) is 0.397. The second kappa shape index (κ2) is 6.57. The Morgan fingerprint density at radius 2 is 2.00 bits per heavy atom. The fourth-order valence-electron chi connectivity index (χ4n) is 2.57. The van der Waals surface area contributed by atoms with Crippen LogP contribution in [0.1, 0.15) is 33.3 Å². The van der Waals surface area contributed by atoms with Crippen LogP contribution in [0.2, 0.25) is 0 Å². The molecule has 0 radical (unpaired) electrons. The third-order valence-corrected chi connectivity index (χ3v) is 5.23. The first-order valence-corrected chi connectivity index (χ1v) is 8.59. The Bertz CT molecular complexity index is 918. The number of esters is 1. The van der Waals surface area contributed by atoms with Crippen LogP contribution in [0.25, 0.3) is 10.2 Å². The van der Waals surface area contributed by atoms with Crippen molar-refractivity contribution >= 4 is 39.0 Å². The summed E-state index contributed by atoms with van der Waals surface area (Å²) in [5.41, 5.74) is 4.22. The number of nitrogens with zero attached hydrogens (tertiary/aromatic N) is 2. The molecule has 0 aliphatic rings. The van der Waals surface area contributed by atoms with Crippen LogP contribution in [0.3, 0.4) is 0 Å². The van der Waals surface area contributed by atoms with E-state index in [0.29, 0.717) is 17.3 Å². The minimum atomic E-state index is -0.310. The zero-order chi connectivity index (χ0) is 17.3. The molecule has 0 aliphatic heterocycles. The van der Waals surface area contributed by atoms with Crippen LogP contribution in [0, 0.1) is 20.8 Å². The number of carbonyl (C=O) groups excluding carboxylic acids is 1. The van der Waals surface area contributed by atoms with E-state index in [4.69, 9.17) is 4.74 Å². The minimum absolute atomic E-state index is 0.310. The van der Waals surface area contributed by atoms with Crippen molar-refractivity contribution in [2.24, 2.45) is 0 Å². The van der Waals surface area contributed by atoms with Crippen molar-refractivity contribution in [3.05, 3.63) is 46.1 Å². The van der Waals surface area contributed by atoms with E-state index < -0.39 is 0 Å². The second-order valence-electron chi connectivity index (χ2n) is 5.55. The molecule has 0 atom stereocenters. The Morgan fingerprint density at radius 3 is 2.75 bits per heavy atom. The molecule has 6 heteroatoms. The number of benzene rings is 1. The van der Waals surface area contributed by atoms with Gasteiger partial charge in [-0.15, -0.1) is 11.3 Å².